The molecule has 1 aliphatic heterocycles. The zero-order chi connectivity index (χ0) is 36.5. The molecule has 0 aromatic heterocycles. The molecule has 0 radical (unpaired) electrons. The molecule has 7 rings (SSSR count). The van der Waals surface area contributed by atoms with Gasteiger partial charge in [-0.1, -0.05) is 98.3 Å². The smallest absolute Gasteiger partial charge is 0.343 e. The molecule has 1 fully saturated rings. The lowest BCUT2D eigenvalue weighted by Crippen LogP contribution is -2.45. The molecule has 1 aliphatic rings. The van der Waals surface area contributed by atoms with Gasteiger partial charge in [0.1, 0.15) is 17.2 Å². The normalized spacial score (nSPS) is 13.4. The summed E-state index contributed by atoms with van der Waals surface area (Å²) in [7, 11) is 0. The summed E-state index contributed by atoms with van der Waals surface area (Å²) >= 11 is 0. The monoisotopic (exact) mass is 708 g/mol. The molecule has 1 heterocycles. The summed E-state index contributed by atoms with van der Waals surface area (Å²) in [5.41, 5.74) is 2.66. The molecule has 0 bridgehead atoms. The topological polar surface area (TPSA) is 80.3 Å². The Kier molecular flexibility index (Phi) is 11.4. The summed E-state index contributed by atoms with van der Waals surface area (Å²) < 4.78 is 29.4. The average Bonchev–Trinajstić information content (AvgIpc) is 3.18. The number of ether oxygens (including phenoxy) is 5. The van der Waals surface area contributed by atoms with E-state index in [1.54, 1.807) is 54.6 Å². The zero-order valence-electron chi connectivity index (χ0n) is 30.1. The van der Waals surface area contributed by atoms with Gasteiger partial charge >= 0.3 is 11.9 Å². The third-order valence-electron chi connectivity index (χ3n) is 9.96. The highest BCUT2D eigenvalue weighted by molar-refractivity contribution is 6.11. The van der Waals surface area contributed by atoms with E-state index in [2.05, 4.69) is 25.1 Å². The summed E-state index contributed by atoms with van der Waals surface area (Å²) in [5, 5.41) is 3.57. The molecule has 1 saturated heterocycles. The average molecular weight is 709 g/mol. The molecule has 53 heavy (non-hydrogen) atoms. The predicted octanol–water partition coefficient (Wildman–Crippen LogP) is 10.5. The molecular formula is C46H44O7. The van der Waals surface area contributed by atoms with Gasteiger partial charge in [-0.15, -0.1) is 0 Å². The summed E-state index contributed by atoms with van der Waals surface area (Å²) in [6.07, 6.45) is 5.23. The molecule has 0 amide bonds. The van der Waals surface area contributed by atoms with Crippen LogP contribution in [0.4, 0.5) is 0 Å². The van der Waals surface area contributed by atoms with E-state index in [4.69, 9.17) is 23.7 Å². The van der Waals surface area contributed by atoms with Crippen molar-refractivity contribution in [2.45, 2.75) is 39.0 Å². The Labute approximate surface area is 310 Å². The summed E-state index contributed by atoms with van der Waals surface area (Å²) in [4.78, 5) is 27.0. The maximum atomic E-state index is 13.6. The Morgan fingerprint density at radius 1 is 0.623 bits per heavy atom. The molecule has 6 aromatic rings. The van der Waals surface area contributed by atoms with Gasteiger partial charge in [-0.3, -0.25) is 0 Å². The van der Waals surface area contributed by atoms with Crippen molar-refractivity contribution in [3.8, 4) is 28.4 Å². The van der Waals surface area contributed by atoms with Crippen LogP contribution in [0.1, 0.15) is 59.7 Å². The lowest BCUT2D eigenvalue weighted by Gasteiger charge is -2.40. The van der Waals surface area contributed by atoms with Crippen molar-refractivity contribution in [3.05, 3.63) is 139 Å². The van der Waals surface area contributed by atoms with E-state index in [0.29, 0.717) is 34.6 Å². The molecule has 0 unspecified atom stereocenters. The van der Waals surface area contributed by atoms with E-state index in [1.807, 2.05) is 54.6 Å². The molecule has 0 N–H and O–H groups in total. The second kappa shape index (κ2) is 16.9. The van der Waals surface area contributed by atoms with Gasteiger partial charge in [-0.2, -0.15) is 0 Å². The molecule has 0 spiro atoms. The highest BCUT2D eigenvalue weighted by atomic mass is 16.5. The van der Waals surface area contributed by atoms with E-state index in [-0.39, 0.29) is 11.2 Å². The van der Waals surface area contributed by atoms with Crippen molar-refractivity contribution in [3.63, 3.8) is 0 Å². The number of carbonyl (C=O) groups excluding carboxylic acids is 2. The molecule has 270 valence electrons. The SMILES string of the molecule is CCC1(COCCCCCCOc2ccc(C(=O)Oc3cc(OC(=O)c4ccccc4)c(-c4cccc5ccccc45)c4ccccc34)cc2)COC1. The first kappa shape index (κ1) is 35.9. The lowest BCUT2D eigenvalue weighted by molar-refractivity contribution is -0.150. The number of benzene rings is 6. The third-order valence-corrected chi connectivity index (χ3v) is 9.96. The van der Waals surface area contributed by atoms with E-state index in [0.717, 1.165) is 85.8 Å². The second-order valence-electron chi connectivity index (χ2n) is 13.7. The molecule has 0 saturated carbocycles. The van der Waals surface area contributed by atoms with Gasteiger partial charge in [0.15, 0.2) is 0 Å². The minimum Gasteiger partial charge on any atom is -0.494 e. The summed E-state index contributed by atoms with van der Waals surface area (Å²) in [5.74, 6) is 0.235. The summed E-state index contributed by atoms with van der Waals surface area (Å²) in [6.45, 7) is 6.00. The van der Waals surface area contributed by atoms with E-state index >= 15 is 0 Å². The fraction of sp³-hybridized carbons (Fsp3) is 0.261. The minimum absolute atomic E-state index is 0.238. The summed E-state index contributed by atoms with van der Waals surface area (Å²) in [6, 6.07) is 39.3. The number of unbranched alkanes of at least 4 members (excludes halogenated alkanes) is 3. The van der Waals surface area contributed by atoms with Crippen LogP contribution in [0.2, 0.25) is 0 Å². The van der Waals surface area contributed by atoms with Crippen LogP contribution in [0.25, 0.3) is 32.7 Å². The van der Waals surface area contributed by atoms with Crippen LogP contribution in [0.5, 0.6) is 17.2 Å². The quantitative estimate of drug-likeness (QED) is 0.0562. The first-order valence-corrected chi connectivity index (χ1v) is 18.5. The number of rotatable bonds is 16. The fourth-order valence-corrected chi connectivity index (χ4v) is 6.70. The van der Waals surface area contributed by atoms with Crippen molar-refractivity contribution in [2.75, 3.05) is 33.0 Å². The number of fused-ring (bicyclic) bond motifs is 2. The Morgan fingerprint density at radius 2 is 1.25 bits per heavy atom. The number of esters is 2. The van der Waals surface area contributed by atoms with Gasteiger partial charge < -0.3 is 23.7 Å². The third kappa shape index (κ3) is 8.43. The Bertz CT molecular complexity index is 2160. The van der Waals surface area contributed by atoms with Crippen molar-refractivity contribution in [1.29, 1.82) is 0 Å². The Hall–Kier alpha value is -5.50. The number of hydrogen-bond acceptors (Lipinski definition) is 7. The molecule has 7 heteroatoms. The van der Waals surface area contributed by atoms with Crippen molar-refractivity contribution in [1.82, 2.24) is 0 Å². The van der Waals surface area contributed by atoms with Gasteiger partial charge in [0.25, 0.3) is 0 Å². The van der Waals surface area contributed by atoms with Crippen molar-refractivity contribution in [2.24, 2.45) is 5.41 Å². The first-order chi connectivity index (χ1) is 26.0. The largest absolute Gasteiger partial charge is 0.494 e. The maximum Gasteiger partial charge on any atom is 0.343 e. The van der Waals surface area contributed by atoms with E-state index in [9.17, 15) is 9.59 Å². The fourth-order valence-electron chi connectivity index (χ4n) is 6.70. The van der Waals surface area contributed by atoms with Crippen LogP contribution in [0.15, 0.2) is 127 Å². The van der Waals surface area contributed by atoms with Crippen LogP contribution in [0.3, 0.4) is 0 Å². The van der Waals surface area contributed by atoms with Crippen LogP contribution >= 0.6 is 0 Å². The zero-order valence-corrected chi connectivity index (χ0v) is 30.1. The van der Waals surface area contributed by atoms with Crippen molar-refractivity contribution < 1.29 is 33.3 Å². The van der Waals surface area contributed by atoms with E-state index < -0.39 is 11.9 Å². The van der Waals surface area contributed by atoms with Crippen molar-refractivity contribution >= 4 is 33.5 Å². The molecule has 7 nitrogen and oxygen atoms in total. The van der Waals surface area contributed by atoms with E-state index in [1.165, 1.54) is 0 Å². The lowest BCUT2D eigenvalue weighted by atomic mass is 9.84. The minimum atomic E-state index is -0.531. The van der Waals surface area contributed by atoms with Gasteiger partial charge in [-0.05, 0) is 83.8 Å². The highest BCUT2D eigenvalue weighted by Gasteiger charge is 2.36. The second-order valence-corrected chi connectivity index (χ2v) is 13.7. The molecule has 0 atom stereocenters. The van der Waals surface area contributed by atoms with Crippen LogP contribution < -0.4 is 14.2 Å². The number of carbonyl (C=O) groups is 2. The molecule has 0 aliphatic carbocycles. The van der Waals surface area contributed by atoms with Crippen LogP contribution in [-0.4, -0.2) is 45.0 Å². The van der Waals surface area contributed by atoms with Crippen LogP contribution in [0, 0.1) is 5.41 Å². The van der Waals surface area contributed by atoms with Crippen LogP contribution in [-0.2, 0) is 9.47 Å². The molecular weight excluding hydrogens is 664 g/mol. The maximum absolute atomic E-state index is 13.6. The van der Waals surface area contributed by atoms with Gasteiger partial charge in [-0.25, -0.2) is 9.59 Å². The highest BCUT2D eigenvalue weighted by Crippen LogP contribution is 2.45. The Morgan fingerprint density at radius 3 is 1.96 bits per heavy atom. The number of hydrogen-bond donors (Lipinski definition) is 0. The van der Waals surface area contributed by atoms with Gasteiger partial charge in [0, 0.05) is 29.0 Å². The predicted molar refractivity (Wildman–Crippen MR) is 208 cm³/mol. The first-order valence-electron chi connectivity index (χ1n) is 18.5. The van der Waals surface area contributed by atoms with Gasteiger partial charge in [0.05, 0.1) is 37.6 Å². The standard InChI is InChI=1S/C46H44O7/c1-2-46(31-50-32-46)30-49-27-12-3-4-13-28-51-36-25-23-35(24-26-36)45(48)52-41-29-42(53-44(47)34-16-6-5-7-17-34)43(40-21-11-10-20-38(40)41)39-22-14-18-33-15-8-9-19-37(33)39/h5-11,14-26,29H,2-4,12-13,27-28,30-32H2,1H3. The van der Waals surface area contributed by atoms with Gasteiger partial charge in [0.2, 0.25) is 0 Å². The Balaban J connectivity index is 1.04. The molecule has 6 aromatic carbocycles.